The molecule has 4 nitrogen and oxygen atoms in total. The molecule has 2 aromatic rings. The van der Waals surface area contributed by atoms with E-state index in [0.717, 1.165) is 3.57 Å². The quantitative estimate of drug-likeness (QED) is 0.534. The van der Waals surface area contributed by atoms with Crippen molar-refractivity contribution in [3.63, 3.8) is 0 Å². The van der Waals surface area contributed by atoms with Crippen molar-refractivity contribution >= 4 is 67.2 Å². The summed E-state index contributed by atoms with van der Waals surface area (Å²) in [5, 5.41) is 0.574. The van der Waals surface area contributed by atoms with Crippen molar-refractivity contribution in [3.8, 4) is 0 Å². The van der Waals surface area contributed by atoms with Crippen molar-refractivity contribution in [3.05, 3.63) is 49.5 Å². The minimum Gasteiger partial charge on any atom is -0.398 e. The summed E-state index contributed by atoms with van der Waals surface area (Å²) in [4.78, 5) is 0.0297. The van der Waals surface area contributed by atoms with Gasteiger partial charge >= 0.3 is 0 Å². The fourth-order valence-corrected chi connectivity index (χ4v) is 4.36. The van der Waals surface area contributed by atoms with Crippen LogP contribution in [0.2, 0.25) is 10.0 Å². The average molecular weight is 457 g/mol. The largest absolute Gasteiger partial charge is 0.398 e. The van der Waals surface area contributed by atoms with Gasteiger partial charge in [0.15, 0.2) is 0 Å². The molecule has 0 aliphatic rings. The van der Waals surface area contributed by atoms with Gasteiger partial charge in [0.25, 0.3) is 10.0 Å². The van der Waals surface area contributed by atoms with Gasteiger partial charge in [-0.1, -0.05) is 23.2 Å². The third kappa shape index (κ3) is 3.74. The van der Waals surface area contributed by atoms with E-state index in [0.29, 0.717) is 22.0 Å². The van der Waals surface area contributed by atoms with Crippen LogP contribution in [0.1, 0.15) is 5.56 Å². The van der Waals surface area contributed by atoms with Gasteiger partial charge in [-0.25, -0.2) is 8.42 Å². The Morgan fingerprint density at radius 3 is 2.48 bits per heavy atom. The van der Waals surface area contributed by atoms with Gasteiger partial charge in [-0.2, -0.15) is 0 Å². The summed E-state index contributed by atoms with van der Waals surface area (Å²) < 4.78 is 28.3. The zero-order chi connectivity index (χ0) is 15.8. The van der Waals surface area contributed by atoms with E-state index in [2.05, 4.69) is 27.3 Å². The Hall–Kier alpha value is -0.700. The monoisotopic (exact) mass is 456 g/mol. The van der Waals surface area contributed by atoms with Crippen molar-refractivity contribution in [1.82, 2.24) is 0 Å². The fraction of sp³-hybridized carbons (Fsp3) is 0.0769. The molecule has 2 rings (SSSR count). The van der Waals surface area contributed by atoms with Crippen molar-refractivity contribution < 1.29 is 8.42 Å². The number of rotatable bonds is 3. The van der Waals surface area contributed by atoms with E-state index in [1.807, 2.05) is 0 Å². The van der Waals surface area contributed by atoms with Gasteiger partial charge in [0.05, 0.1) is 15.6 Å². The van der Waals surface area contributed by atoms with E-state index in [4.69, 9.17) is 28.9 Å². The average Bonchev–Trinajstić information content (AvgIpc) is 2.37. The molecular weight excluding hydrogens is 446 g/mol. The minimum absolute atomic E-state index is 0.0297. The summed E-state index contributed by atoms with van der Waals surface area (Å²) in [5.41, 5.74) is 6.81. The minimum atomic E-state index is -3.83. The highest BCUT2D eigenvalue weighted by molar-refractivity contribution is 14.1. The third-order valence-electron chi connectivity index (χ3n) is 2.83. The lowest BCUT2D eigenvalue weighted by atomic mass is 10.2. The molecule has 0 spiro atoms. The molecule has 0 fully saturated rings. The highest BCUT2D eigenvalue weighted by Gasteiger charge is 2.20. The lowest BCUT2D eigenvalue weighted by Gasteiger charge is -2.13. The summed E-state index contributed by atoms with van der Waals surface area (Å²) in [6.07, 6.45) is 0. The highest BCUT2D eigenvalue weighted by Crippen LogP contribution is 2.30. The summed E-state index contributed by atoms with van der Waals surface area (Å²) in [6, 6.07) is 7.89. The molecular formula is C13H11Cl2IN2O2S. The molecule has 0 saturated heterocycles. The lowest BCUT2D eigenvalue weighted by molar-refractivity contribution is 0.600. The zero-order valence-corrected chi connectivity index (χ0v) is 15.3. The summed E-state index contributed by atoms with van der Waals surface area (Å²) in [6.45, 7) is 1.62. The van der Waals surface area contributed by atoms with Crippen molar-refractivity contribution in [2.45, 2.75) is 11.8 Å². The van der Waals surface area contributed by atoms with E-state index in [1.165, 1.54) is 12.1 Å². The van der Waals surface area contributed by atoms with Crippen LogP contribution < -0.4 is 10.5 Å². The molecule has 2 aromatic carbocycles. The third-order valence-corrected chi connectivity index (χ3v) is 5.52. The predicted octanol–water partition coefficient (Wildman–Crippen LogP) is 4.29. The van der Waals surface area contributed by atoms with Crippen LogP contribution in [0.5, 0.6) is 0 Å². The van der Waals surface area contributed by atoms with Gasteiger partial charge < -0.3 is 5.73 Å². The maximum atomic E-state index is 12.5. The van der Waals surface area contributed by atoms with E-state index in [9.17, 15) is 8.42 Å². The van der Waals surface area contributed by atoms with Crippen LogP contribution in [-0.2, 0) is 10.0 Å². The van der Waals surface area contributed by atoms with Crippen LogP contribution in [0.15, 0.2) is 35.2 Å². The number of benzene rings is 2. The van der Waals surface area contributed by atoms with Crippen LogP contribution in [0.3, 0.4) is 0 Å². The number of nitrogens with one attached hydrogen (secondary N) is 1. The van der Waals surface area contributed by atoms with Gasteiger partial charge in [-0.3, -0.25) is 4.72 Å². The van der Waals surface area contributed by atoms with Gasteiger partial charge in [-0.05, 0) is 65.4 Å². The number of hydrogen-bond acceptors (Lipinski definition) is 3. The summed E-state index contributed by atoms with van der Waals surface area (Å²) in [5.74, 6) is 0. The molecule has 0 amide bonds. The normalized spacial score (nSPS) is 11.4. The number of halogens is 3. The smallest absolute Gasteiger partial charge is 0.262 e. The van der Waals surface area contributed by atoms with Crippen molar-refractivity contribution in [1.29, 1.82) is 0 Å². The van der Waals surface area contributed by atoms with Gasteiger partial charge in [-0.15, -0.1) is 0 Å². The summed E-state index contributed by atoms with van der Waals surface area (Å²) in [7, 11) is -3.83. The molecule has 3 N–H and O–H groups in total. The van der Waals surface area contributed by atoms with Crippen molar-refractivity contribution in [2.24, 2.45) is 0 Å². The maximum Gasteiger partial charge on any atom is 0.262 e. The molecule has 0 aliphatic carbocycles. The molecule has 0 aliphatic heterocycles. The second kappa shape index (κ2) is 6.20. The second-order valence-corrected chi connectivity index (χ2v) is 8.09. The Morgan fingerprint density at radius 1 is 1.19 bits per heavy atom. The molecule has 0 atom stereocenters. The van der Waals surface area contributed by atoms with E-state index in [1.54, 1.807) is 25.1 Å². The van der Waals surface area contributed by atoms with Gasteiger partial charge in [0.1, 0.15) is 0 Å². The standard InChI is InChI=1S/C13H11Cl2IN2O2S/c1-7-11(17)4-8(14)5-13(7)21(19,20)18-12-3-2-9(16)6-10(12)15/h2-6,18H,17H2,1H3. The second-order valence-electron chi connectivity index (χ2n) is 4.35. The number of nitrogen functional groups attached to an aromatic ring is 1. The van der Waals surface area contributed by atoms with E-state index >= 15 is 0 Å². The number of anilines is 2. The lowest BCUT2D eigenvalue weighted by Crippen LogP contribution is -2.15. The van der Waals surface area contributed by atoms with Crippen LogP contribution in [-0.4, -0.2) is 8.42 Å². The molecule has 21 heavy (non-hydrogen) atoms. The summed E-state index contributed by atoms with van der Waals surface area (Å²) >= 11 is 14.0. The number of sulfonamides is 1. The van der Waals surface area contributed by atoms with Crippen LogP contribution in [0, 0.1) is 10.5 Å². The van der Waals surface area contributed by atoms with Crippen LogP contribution in [0.4, 0.5) is 11.4 Å². The Bertz CT molecular complexity index is 810. The molecule has 0 aromatic heterocycles. The molecule has 0 saturated carbocycles. The SMILES string of the molecule is Cc1c(N)cc(Cl)cc1S(=O)(=O)Nc1ccc(I)cc1Cl. The first-order chi connectivity index (χ1) is 9.70. The molecule has 112 valence electrons. The molecule has 8 heteroatoms. The Kier molecular flexibility index (Phi) is 4.92. The number of hydrogen-bond donors (Lipinski definition) is 2. The van der Waals surface area contributed by atoms with Gasteiger partial charge in [0.2, 0.25) is 0 Å². The van der Waals surface area contributed by atoms with E-state index < -0.39 is 10.0 Å². The molecule has 0 unspecified atom stereocenters. The zero-order valence-electron chi connectivity index (χ0n) is 10.8. The fourth-order valence-electron chi connectivity index (χ4n) is 1.73. The number of nitrogens with two attached hydrogens (primary N) is 1. The Balaban J connectivity index is 2.48. The first-order valence-electron chi connectivity index (χ1n) is 5.74. The maximum absolute atomic E-state index is 12.5. The highest BCUT2D eigenvalue weighted by atomic mass is 127. The molecule has 0 heterocycles. The molecule has 0 radical (unpaired) electrons. The van der Waals surface area contributed by atoms with Gasteiger partial charge in [0, 0.05) is 14.3 Å². The first kappa shape index (κ1) is 16.7. The predicted molar refractivity (Wildman–Crippen MR) is 95.6 cm³/mol. The van der Waals surface area contributed by atoms with Crippen LogP contribution in [0.25, 0.3) is 0 Å². The molecule has 0 bridgehead atoms. The Morgan fingerprint density at radius 2 is 1.86 bits per heavy atom. The van der Waals surface area contributed by atoms with Crippen LogP contribution >= 0.6 is 45.8 Å². The van der Waals surface area contributed by atoms with E-state index in [-0.39, 0.29) is 9.92 Å². The van der Waals surface area contributed by atoms with Crippen molar-refractivity contribution in [2.75, 3.05) is 10.5 Å². The Labute approximate surface area is 146 Å². The first-order valence-corrected chi connectivity index (χ1v) is 9.06. The topological polar surface area (TPSA) is 72.2 Å².